The van der Waals surface area contributed by atoms with Crippen LogP contribution in [0.1, 0.15) is 46.0 Å². The Balaban J connectivity index is 1.57. The zero-order chi connectivity index (χ0) is 13.4. The Morgan fingerprint density at radius 3 is 2.68 bits per heavy atom. The van der Waals surface area contributed by atoms with Gasteiger partial charge in [-0.15, -0.1) is 0 Å². The zero-order valence-corrected chi connectivity index (χ0v) is 12.4. The molecule has 1 amide bonds. The summed E-state index contributed by atoms with van der Waals surface area (Å²) in [6.45, 7) is 7.42. The molecule has 1 aliphatic heterocycles. The first-order valence-corrected chi connectivity index (χ1v) is 8.21. The van der Waals surface area contributed by atoms with Gasteiger partial charge in [0.15, 0.2) is 0 Å². The molecule has 5 unspecified atom stereocenters. The molecule has 108 valence electrons. The second-order valence-electron chi connectivity index (χ2n) is 7.00. The SMILES string of the molecule is CCNC1CCN(C(=O)C2CC3CCC2C3)CC1C. The minimum atomic E-state index is 0.377. The molecule has 0 radical (unpaired) electrons. The van der Waals surface area contributed by atoms with Gasteiger partial charge in [-0.25, -0.2) is 0 Å². The van der Waals surface area contributed by atoms with Crippen LogP contribution in [0.15, 0.2) is 0 Å². The van der Waals surface area contributed by atoms with E-state index in [0.29, 0.717) is 23.8 Å². The van der Waals surface area contributed by atoms with Gasteiger partial charge in [-0.3, -0.25) is 4.79 Å². The van der Waals surface area contributed by atoms with Crippen molar-refractivity contribution in [2.24, 2.45) is 23.7 Å². The molecule has 1 saturated heterocycles. The molecule has 1 N–H and O–H groups in total. The van der Waals surface area contributed by atoms with Crippen LogP contribution < -0.4 is 5.32 Å². The van der Waals surface area contributed by atoms with Crippen LogP contribution >= 0.6 is 0 Å². The standard InChI is InChI=1S/C16H28N2O/c1-3-17-15-6-7-18(10-11(15)2)16(19)14-9-12-4-5-13(14)8-12/h11-15,17H,3-10H2,1-2H3. The summed E-state index contributed by atoms with van der Waals surface area (Å²) in [4.78, 5) is 14.9. The molecule has 3 nitrogen and oxygen atoms in total. The van der Waals surface area contributed by atoms with Gasteiger partial charge in [0.1, 0.15) is 0 Å². The molecule has 3 fully saturated rings. The van der Waals surface area contributed by atoms with Crippen LogP contribution in [0.3, 0.4) is 0 Å². The van der Waals surface area contributed by atoms with E-state index in [1.54, 1.807) is 0 Å². The first kappa shape index (κ1) is 13.4. The number of nitrogens with zero attached hydrogens (tertiary/aromatic N) is 1. The van der Waals surface area contributed by atoms with E-state index in [2.05, 4.69) is 24.1 Å². The maximum atomic E-state index is 12.7. The number of nitrogens with one attached hydrogen (secondary N) is 1. The van der Waals surface area contributed by atoms with E-state index in [1.807, 2.05) is 0 Å². The van der Waals surface area contributed by atoms with Crippen molar-refractivity contribution in [1.29, 1.82) is 0 Å². The van der Waals surface area contributed by atoms with E-state index in [0.717, 1.165) is 37.9 Å². The average molecular weight is 264 g/mol. The predicted molar refractivity (Wildman–Crippen MR) is 76.8 cm³/mol. The van der Waals surface area contributed by atoms with Crippen LogP contribution in [0.4, 0.5) is 0 Å². The molecule has 0 aromatic heterocycles. The Kier molecular flexibility index (Phi) is 3.84. The summed E-state index contributed by atoms with van der Waals surface area (Å²) >= 11 is 0. The molecule has 0 aromatic carbocycles. The van der Waals surface area contributed by atoms with E-state index >= 15 is 0 Å². The number of likely N-dealkylation sites (tertiary alicyclic amines) is 1. The van der Waals surface area contributed by atoms with Gasteiger partial charge in [0, 0.05) is 25.0 Å². The number of carbonyl (C=O) groups is 1. The Labute approximate surface area is 117 Å². The largest absolute Gasteiger partial charge is 0.342 e. The van der Waals surface area contributed by atoms with E-state index < -0.39 is 0 Å². The number of carbonyl (C=O) groups excluding carboxylic acids is 1. The third-order valence-electron chi connectivity index (χ3n) is 5.74. The van der Waals surface area contributed by atoms with Crippen LogP contribution in [0, 0.1) is 23.7 Å². The van der Waals surface area contributed by atoms with Crippen molar-refractivity contribution in [3.8, 4) is 0 Å². The number of hydrogen-bond donors (Lipinski definition) is 1. The van der Waals surface area contributed by atoms with Gasteiger partial charge in [0.05, 0.1) is 0 Å². The van der Waals surface area contributed by atoms with Crippen LogP contribution in [-0.2, 0) is 4.79 Å². The van der Waals surface area contributed by atoms with E-state index in [1.165, 1.54) is 25.7 Å². The highest BCUT2D eigenvalue weighted by atomic mass is 16.2. The summed E-state index contributed by atoms with van der Waals surface area (Å²) in [6.07, 6.45) is 6.34. The molecule has 19 heavy (non-hydrogen) atoms. The van der Waals surface area contributed by atoms with E-state index in [9.17, 15) is 4.79 Å². The quantitative estimate of drug-likeness (QED) is 0.848. The molecule has 2 bridgehead atoms. The van der Waals surface area contributed by atoms with E-state index in [4.69, 9.17) is 0 Å². The van der Waals surface area contributed by atoms with Crippen molar-refractivity contribution >= 4 is 5.91 Å². The maximum Gasteiger partial charge on any atom is 0.225 e. The van der Waals surface area contributed by atoms with Crippen LogP contribution in [-0.4, -0.2) is 36.5 Å². The summed E-state index contributed by atoms with van der Waals surface area (Å²) in [7, 11) is 0. The third kappa shape index (κ3) is 2.54. The minimum absolute atomic E-state index is 0.377. The second kappa shape index (κ2) is 5.43. The highest BCUT2D eigenvalue weighted by Crippen LogP contribution is 2.49. The first-order chi connectivity index (χ1) is 9.19. The van der Waals surface area contributed by atoms with Crippen molar-refractivity contribution in [3.63, 3.8) is 0 Å². The summed E-state index contributed by atoms with van der Waals surface area (Å²) in [6, 6.07) is 0.606. The fourth-order valence-corrected chi connectivity index (χ4v) is 4.69. The molecule has 3 heteroatoms. The van der Waals surface area contributed by atoms with E-state index in [-0.39, 0.29) is 0 Å². The Hall–Kier alpha value is -0.570. The number of piperidine rings is 1. The smallest absolute Gasteiger partial charge is 0.225 e. The summed E-state index contributed by atoms with van der Waals surface area (Å²) < 4.78 is 0. The monoisotopic (exact) mass is 264 g/mol. The number of amides is 1. The van der Waals surface area contributed by atoms with Crippen molar-refractivity contribution in [2.45, 2.75) is 52.0 Å². The molecule has 0 spiro atoms. The molecule has 2 saturated carbocycles. The van der Waals surface area contributed by atoms with Gasteiger partial charge in [-0.05, 0) is 50.0 Å². The zero-order valence-electron chi connectivity index (χ0n) is 12.4. The van der Waals surface area contributed by atoms with Crippen molar-refractivity contribution in [3.05, 3.63) is 0 Å². The van der Waals surface area contributed by atoms with Crippen LogP contribution in [0.5, 0.6) is 0 Å². The number of fused-ring (bicyclic) bond motifs is 2. The van der Waals surface area contributed by atoms with Gasteiger partial charge in [0.2, 0.25) is 5.91 Å². The summed E-state index contributed by atoms with van der Waals surface area (Å²) in [5.41, 5.74) is 0. The molecule has 1 heterocycles. The van der Waals surface area contributed by atoms with Gasteiger partial charge in [-0.1, -0.05) is 20.3 Å². The molecule has 3 rings (SSSR count). The molecule has 0 aromatic rings. The Bertz CT molecular complexity index is 344. The molecule has 2 aliphatic carbocycles. The number of rotatable bonds is 3. The van der Waals surface area contributed by atoms with Gasteiger partial charge in [-0.2, -0.15) is 0 Å². The second-order valence-corrected chi connectivity index (χ2v) is 7.00. The van der Waals surface area contributed by atoms with Gasteiger partial charge in [0.25, 0.3) is 0 Å². The van der Waals surface area contributed by atoms with Gasteiger partial charge >= 0.3 is 0 Å². The lowest BCUT2D eigenvalue weighted by Crippen LogP contribution is -2.51. The molecular formula is C16H28N2O. The van der Waals surface area contributed by atoms with Crippen molar-refractivity contribution in [2.75, 3.05) is 19.6 Å². The summed E-state index contributed by atoms with van der Waals surface area (Å²) in [5.74, 6) is 3.04. The molecule has 3 aliphatic rings. The first-order valence-electron chi connectivity index (χ1n) is 8.21. The van der Waals surface area contributed by atoms with Crippen molar-refractivity contribution in [1.82, 2.24) is 10.2 Å². The number of hydrogen-bond acceptors (Lipinski definition) is 2. The maximum absolute atomic E-state index is 12.7. The third-order valence-corrected chi connectivity index (χ3v) is 5.74. The van der Waals surface area contributed by atoms with Crippen LogP contribution in [0.2, 0.25) is 0 Å². The van der Waals surface area contributed by atoms with Crippen molar-refractivity contribution < 1.29 is 4.79 Å². The average Bonchev–Trinajstić information content (AvgIpc) is 3.03. The fourth-order valence-electron chi connectivity index (χ4n) is 4.69. The molecular weight excluding hydrogens is 236 g/mol. The minimum Gasteiger partial charge on any atom is -0.342 e. The molecule has 5 atom stereocenters. The normalized spacial score (nSPS) is 41.8. The van der Waals surface area contributed by atoms with Gasteiger partial charge < -0.3 is 10.2 Å². The lowest BCUT2D eigenvalue weighted by molar-refractivity contribution is -0.139. The lowest BCUT2D eigenvalue weighted by atomic mass is 9.86. The summed E-state index contributed by atoms with van der Waals surface area (Å²) in [5, 5.41) is 3.55. The Morgan fingerprint density at radius 2 is 2.11 bits per heavy atom. The predicted octanol–water partition coefficient (Wildman–Crippen LogP) is 2.27. The fraction of sp³-hybridized carbons (Fsp3) is 0.938. The highest BCUT2D eigenvalue weighted by Gasteiger charge is 2.45. The van der Waals surface area contributed by atoms with Crippen LogP contribution in [0.25, 0.3) is 0 Å². The lowest BCUT2D eigenvalue weighted by Gasteiger charge is -2.39. The topological polar surface area (TPSA) is 32.3 Å². The Morgan fingerprint density at radius 1 is 1.26 bits per heavy atom. The highest BCUT2D eigenvalue weighted by molar-refractivity contribution is 5.79.